The monoisotopic (exact) mass is 621 g/mol. The van der Waals surface area contributed by atoms with Gasteiger partial charge in [-0.1, -0.05) is 54.6 Å². The first-order valence-corrected chi connectivity index (χ1v) is 16.6. The zero-order valence-corrected chi connectivity index (χ0v) is 26.5. The van der Waals surface area contributed by atoms with E-state index >= 15 is 0 Å². The Labute approximate surface area is 261 Å². The van der Waals surface area contributed by atoms with Gasteiger partial charge in [-0.05, 0) is 80.5 Å². The van der Waals surface area contributed by atoms with Crippen molar-refractivity contribution in [2.24, 2.45) is 0 Å². The van der Waals surface area contributed by atoms with Gasteiger partial charge in [0, 0.05) is 32.2 Å². The Balaban J connectivity index is 1.53. The van der Waals surface area contributed by atoms with Gasteiger partial charge in [0.25, 0.3) is 0 Å². The number of nitrogens with one attached hydrogen (secondary N) is 2. The fourth-order valence-corrected chi connectivity index (χ4v) is 6.08. The predicted molar refractivity (Wildman–Crippen MR) is 170 cm³/mol. The lowest BCUT2D eigenvalue weighted by Gasteiger charge is -2.32. The minimum atomic E-state index is -3.55. The molecular weight excluding hydrogens is 578 g/mol. The van der Waals surface area contributed by atoms with Gasteiger partial charge in [0.1, 0.15) is 11.8 Å². The molecule has 3 aromatic rings. The maximum atomic E-state index is 14.0. The summed E-state index contributed by atoms with van der Waals surface area (Å²) in [7, 11) is -1.96. The third-order valence-corrected chi connectivity index (χ3v) is 8.88. The third kappa shape index (κ3) is 9.90. The van der Waals surface area contributed by atoms with E-state index in [4.69, 9.17) is 9.47 Å². The molecule has 1 aliphatic rings. The molecule has 10 heteroatoms. The average Bonchev–Trinajstić information content (AvgIpc) is 3.83. The molecule has 44 heavy (non-hydrogen) atoms. The van der Waals surface area contributed by atoms with Crippen molar-refractivity contribution in [2.45, 2.75) is 75.6 Å². The second-order valence-corrected chi connectivity index (χ2v) is 13.0. The first kappa shape index (κ1) is 33.2. The Morgan fingerprint density at radius 3 is 2.20 bits per heavy atom. The lowest BCUT2D eigenvalue weighted by molar-refractivity contribution is -0.141. The molecular formula is C34H43N3O6S. The predicted octanol–water partition coefficient (Wildman–Crippen LogP) is 4.77. The van der Waals surface area contributed by atoms with Crippen molar-refractivity contribution in [1.82, 2.24) is 14.9 Å². The van der Waals surface area contributed by atoms with Gasteiger partial charge in [-0.25, -0.2) is 13.1 Å². The number of hydrogen-bond acceptors (Lipinski definition) is 6. The summed E-state index contributed by atoms with van der Waals surface area (Å²) in [6, 6.07) is 22.5. The number of sulfonamides is 1. The summed E-state index contributed by atoms with van der Waals surface area (Å²) in [5.74, 6) is 0.241. The molecule has 1 fully saturated rings. The van der Waals surface area contributed by atoms with Crippen LogP contribution in [0.5, 0.6) is 5.75 Å². The summed E-state index contributed by atoms with van der Waals surface area (Å²) in [4.78, 5) is 29.5. The number of hydrogen-bond donors (Lipinski definition) is 2. The molecule has 0 saturated heterocycles. The quantitative estimate of drug-likeness (QED) is 0.210. The molecule has 0 aliphatic heterocycles. The van der Waals surface area contributed by atoms with Crippen molar-refractivity contribution in [1.29, 1.82) is 0 Å². The fourth-order valence-electron chi connectivity index (χ4n) is 4.78. The van der Waals surface area contributed by atoms with E-state index in [-0.39, 0.29) is 41.8 Å². The van der Waals surface area contributed by atoms with E-state index in [2.05, 4.69) is 10.0 Å². The molecule has 236 valence electrons. The van der Waals surface area contributed by atoms with E-state index in [1.54, 1.807) is 36.3 Å². The van der Waals surface area contributed by atoms with E-state index in [1.807, 2.05) is 68.4 Å². The first-order chi connectivity index (χ1) is 21.2. The van der Waals surface area contributed by atoms with Gasteiger partial charge in [-0.15, -0.1) is 0 Å². The van der Waals surface area contributed by atoms with Gasteiger partial charge >= 0.3 is 0 Å². The van der Waals surface area contributed by atoms with E-state index in [0.29, 0.717) is 37.3 Å². The number of nitrogens with zero attached hydrogens (tertiary/aromatic N) is 1. The number of carbonyl (C=O) groups is 2. The number of carbonyl (C=O) groups excluding carboxylic acids is 2. The summed E-state index contributed by atoms with van der Waals surface area (Å²) >= 11 is 0. The molecule has 4 rings (SSSR count). The molecule has 2 amide bonds. The highest BCUT2D eigenvalue weighted by molar-refractivity contribution is 7.89. The fraction of sp³-hybridized carbons (Fsp3) is 0.412. The van der Waals surface area contributed by atoms with Gasteiger partial charge < -0.3 is 19.7 Å². The highest BCUT2D eigenvalue weighted by Crippen LogP contribution is 2.26. The molecule has 0 aromatic heterocycles. The van der Waals surface area contributed by atoms with Gasteiger partial charge in [0.05, 0.1) is 18.1 Å². The normalized spacial score (nSPS) is 13.8. The first-order valence-electron chi connectivity index (χ1n) is 15.1. The Morgan fingerprint density at radius 1 is 0.932 bits per heavy atom. The zero-order chi connectivity index (χ0) is 31.5. The van der Waals surface area contributed by atoms with E-state index < -0.39 is 16.1 Å². The highest BCUT2D eigenvalue weighted by atomic mass is 32.2. The molecule has 9 nitrogen and oxygen atoms in total. The Morgan fingerprint density at radius 2 is 1.59 bits per heavy atom. The van der Waals surface area contributed by atoms with Crippen molar-refractivity contribution in [2.75, 3.05) is 20.3 Å². The van der Waals surface area contributed by atoms with Crippen LogP contribution >= 0.6 is 0 Å². The van der Waals surface area contributed by atoms with Crippen LogP contribution in [0.25, 0.3) is 0 Å². The second-order valence-electron chi connectivity index (χ2n) is 11.3. The molecule has 0 bridgehead atoms. The SMILES string of the molecule is COc1ccc(CN(C(=O)CCc2ccc(S(=O)(=O)NC3CC3)cc2)[C@H](C(=O)NCCCOC(C)C)c2ccccc2)cc1. The van der Waals surface area contributed by atoms with Crippen molar-refractivity contribution in [3.63, 3.8) is 0 Å². The number of ether oxygens (including phenoxy) is 2. The van der Waals surface area contributed by atoms with Crippen LogP contribution in [0.1, 0.15) is 62.3 Å². The molecule has 1 saturated carbocycles. The smallest absolute Gasteiger partial charge is 0.247 e. The van der Waals surface area contributed by atoms with Crippen LogP contribution in [0.4, 0.5) is 0 Å². The molecule has 1 atom stereocenters. The lowest BCUT2D eigenvalue weighted by Crippen LogP contribution is -2.44. The minimum absolute atomic E-state index is 0.0251. The standard InChI is InChI=1S/C34H43N3O6S/c1-25(2)43-23-7-22-35-34(39)33(28-8-5-4-6-9-28)37(24-27-10-17-30(42-3)18-11-27)32(38)21-14-26-12-19-31(20-13-26)44(40,41)36-29-15-16-29/h4-6,8-13,17-20,25,29,33,36H,7,14-16,21-24H2,1-3H3,(H,35,39)/t33-/m0/s1. The van der Waals surface area contributed by atoms with Crippen LogP contribution in [0, 0.1) is 0 Å². The summed E-state index contributed by atoms with van der Waals surface area (Å²) in [6.45, 7) is 5.10. The lowest BCUT2D eigenvalue weighted by atomic mass is 10.0. The molecule has 3 aromatic carbocycles. The summed E-state index contributed by atoms with van der Waals surface area (Å²) in [5, 5.41) is 3.01. The number of amides is 2. The molecule has 0 heterocycles. The van der Waals surface area contributed by atoms with Crippen LogP contribution in [0.2, 0.25) is 0 Å². The van der Waals surface area contributed by atoms with E-state index in [9.17, 15) is 18.0 Å². The molecule has 0 spiro atoms. The second kappa shape index (κ2) is 15.8. The topological polar surface area (TPSA) is 114 Å². The summed E-state index contributed by atoms with van der Waals surface area (Å²) < 4.78 is 38.7. The minimum Gasteiger partial charge on any atom is -0.497 e. The summed E-state index contributed by atoms with van der Waals surface area (Å²) in [6.07, 6.45) is 3.02. The van der Waals surface area contributed by atoms with Crippen LogP contribution in [-0.4, -0.2) is 57.5 Å². The zero-order valence-electron chi connectivity index (χ0n) is 25.7. The molecule has 0 radical (unpaired) electrons. The molecule has 1 aliphatic carbocycles. The maximum absolute atomic E-state index is 14.0. The number of benzene rings is 3. The van der Waals surface area contributed by atoms with Gasteiger partial charge in [-0.3, -0.25) is 9.59 Å². The molecule has 0 unspecified atom stereocenters. The molecule has 2 N–H and O–H groups in total. The van der Waals surface area contributed by atoms with Crippen LogP contribution in [0.3, 0.4) is 0 Å². The third-order valence-electron chi connectivity index (χ3n) is 7.34. The van der Waals surface area contributed by atoms with Crippen LogP contribution in [-0.2, 0) is 37.3 Å². The van der Waals surface area contributed by atoms with Gasteiger partial charge in [0.15, 0.2) is 0 Å². The van der Waals surface area contributed by atoms with Crippen molar-refractivity contribution in [3.8, 4) is 5.75 Å². The summed E-state index contributed by atoms with van der Waals surface area (Å²) in [5.41, 5.74) is 2.40. The van der Waals surface area contributed by atoms with Crippen LogP contribution < -0.4 is 14.8 Å². The number of aryl methyl sites for hydroxylation is 1. The Bertz CT molecular complexity index is 1460. The Kier molecular flexibility index (Phi) is 11.9. The van der Waals surface area contributed by atoms with Gasteiger partial charge in [-0.2, -0.15) is 0 Å². The van der Waals surface area contributed by atoms with Gasteiger partial charge in [0.2, 0.25) is 21.8 Å². The van der Waals surface area contributed by atoms with E-state index in [0.717, 1.165) is 24.0 Å². The van der Waals surface area contributed by atoms with Crippen molar-refractivity contribution in [3.05, 3.63) is 95.6 Å². The van der Waals surface area contributed by atoms with Crippen LogP contribution in [0.15, 0.2) is 83.8 Å². The van der Waals surface area contributed by atoms with Crippen molar-refractivity contribution >= 4 is 21.8 Å². The maximum Gasteiger partial charge on any atom is 0.247 e. The van der Waals surface area contributed by atoms with E-state index in [1.165, 1.54) is 0 Å². The average molecular weight is 622 g/mol. The largest absolute Gasteiger partial charge is 0.497 e. The highest BCUT2D eigenvalue weighted by Gasteiger charge is 2.31. The number of methoxy groups -OCH3 is 1. The number of rotatable bonds is 17. The Hall–Kier alpha value is -3.73. The van der Waals surface area contributed by atoms with Crippen molar-refractivity contribution < 1.29 is 27.5 Å².